The summed E-state index contributed by atoms with van der Waals surface area (Å²) in [7, 11) is 0. The predicted octanol–water partition coefficient (Wildman–Crippen LogP) is 2.28. The number of hydrogen-bond acceptors (Lipinski definition) is 1. The van der Waals surface area contributed by atoms with Gasteiger partial charge in [0.25, 0.3) is 5.56 Å². The molecule has 0 N–H and O–H groups in total. The van der Waals surface area contributed by atoms with Gasteiger partial charge in [-0.05, 0) is 12.5 Å². The first-order valence-corrected chi connectivity index (χ1v) is 4.66. The first-order chi connectivity index (χ1) is 7.45. The molecule has 0 aromatic carbocycles. The van der Waals surface area contributed by atoms with Crippen molar-refractivity contribution >= 4 is 0 Å². The summed E-state index contributed by atoms with van der Waals surface area (Å²) in [5, 5.41) is 0. The molecule has 1 aromatic heterocycles. The predicted molar refractivity (Wildman–Crippen MR) is 53.8 cm³/mol. The zero-order chi connectivity index (χ0) is 12.2. The van der Waals surface area contributed by atoms with Crippen molar-refractivity contribution in [2.75, 3.05) is 0 Å². The van der Waals surface area contributed by atoms with Crippen molar-refractivity contribution in [3.05, 3.63) is 34.2 Å². The van der Waals surface area contributed by atoms with Crippen LogP contribution in [0.2, 0.25) is 0 Å². The molecule has 0 bridgehead atoms. The van der Waals surface area contributed by atoms with Gasteiger partial charge in [0, 0.05) is 25.2 Å². The molecule has 0 unspecified atom stereocenters. The number of terminal acetylenes is 1. The largest absolute Gasteiger partial charge is 0.417 e. The standard InChI is InChI=1S/C11H10F3NO/c1-2-3-4-7-15-8-9(11(12,13)14)5-6-10(15)16/h1,5-6,8H,3-4,7H2. The van der Waals surface area contributed by atoms with Crippen LogP contribution < -0.4 is 5.56 Å². The van der Waals surface area contributed by atoms with Crippen LogP contribution >= 0.6 is 0 Å². The van der Waals surface area contributed by atoms with Crippen LogP contribution in [0.5, 0.6) is 0 Å². The SMILES string of the molecule is C#CCCCn1cc(C(F)(F)F)ccc1=O. The quantitative estimate of drug-likeness (QED) is 0.575. The average molecular weight is 229 g/mol. The molecule has 0 aliphatic heterocycles. The fourth-order valence-electron chi connectivity index (χ4n) is 1.23. The lowest BCUT2D eigenvalue weighted by Gasteiger charge is -2.09. The van der Waals surface area contributed by atoms with Crippen molar-refractivity contribution in [2.24, 2.45) is 0 Å². The highest BCUT2D eigenvalue weighted by Crippen LogP contribution is 2.27. The summed E-state index contributed by atoms with van der Waals surface area (Å²) >= 11 is 0. The third kappa shape index (κ3) is 3.16. The van der Waals surface area contributed by atoms with Crippen LogP contribution in [0.4, 0.5) is 13.2 Å². The Labute approximate surface area is 90.7 Å². The van der Waals surface area contributed by atoms with Gasteiger partial charge in [-0.25, -0.2) is 0 Å². The van der Waals surface area contributed by atoms with Crippen LogP contribution in [0.25, 0.3) is 0 Å². The van der Waals surface area contributed by atoms with Gasteiger partial charge in [0.15, 0.2) is 0 Å². The van der Waals surface area contributed by atoms with Gasteiger partial charge in [-0.3, -0.25) is 4.79 Å². The third-order valence-electron chi connectivity index (χ3n) is 2.03. The fourth-order valence-corrected chi connectivity index (χ4v) is 1.23. The van der Waals surface area contributed by atoms with Crippen LogP contribution in [0.3, 0.4) is 0 Å². The molecule has 0 atom stereocenters. The van der Waals surface area contributed by atoms with Crippen LogP contribution in [-0.2, 0) is 12.7 Å². The van der Waals surface area contributed by atoms with E-state index in [-0.39, 0.29) is 6.54 Å². The van der Waals surface area contributed by atoms with E-state index >= 15 is 0 Å². The van der Waals surface area contributed by atoms with Crippen LogP contribution in [-0.4, -0.2) is 4.57 Å². The molecule has 0 fully saturated rings. The van der Waals surface area contributed by atoms with Gasteiger partial charge >= 0.3 is 6.18 Å². The van der Waals surface area contributed by atoms with Crippen molar-refractivity contribution in [2.45, 2.75) is 25.6 Å². The Kier molecular flexibility index (Phi) is 3.78. The first kappa shape index (κ1) is 12.4. The van der Waals surface area contributed by atoms with Gasteiger partial charge < -0.3 is 4.57 Å². The molecule has 2 nitrogen and oxygen atoms in total. The van der Waals surface area contributed by atoms with Gasteiger partial charge in [-0.2, -0.15) is 13.2 Å². The monoisotopic (exact) mass is 229 g/mol. The Morgan fingerprint density at radius 2 is 2.06 bits per heavy atom. The maximum Gasteiger partial charge on any atom is 0.417 e. The Bertz CT molecular complexity index is 454. The number of halogens is 3. The van der Waals surface area contributed by atoms with Crippen LogP contribution in [0.15, 0.2) is 23.1 Å². The first-order valence-electron chi connectivity index (χ1n) is 4.66. The highest BCUT2D eigenvalue weighted by molar-refractivity contribution is 5.13. The lowest BCUT2D eigenvalue weighted by molar-refractivity contribution is -0.138. The van der Waals surface area contributed by atoms with E-state index in [4.69, 9.17) is 6.42 Å². The van der Waals surface area contributed by atoms with E-state index in [0.29, 0.717) is 12.8 Å². The van der Waals surface area contributed by atoms with Crippen LogP contribution in [0, 0.1) is 12.3 Å². The minimum atomic E-state index is -4.43. The number of unbranched alkanes of at least 4 members (excludes halogenated alkanes) is 1. The number of pyridine rings is 1. The maximum absolute atomic E-state index is 12.3. The van der Waals surface area contributed by atoms with Crippen LogP contribution in [0.1, 0.15) is 18.4 Å². The van der Waals surface area contributed by atoms with E-state index in [1.807, 2.05) is 0 Å². The topological polar surface area (TPSA) is 22.0 Å². The second-order valence-electron chi connectivity index (χ2n) is 3.25. The third-order valence-corrected chi connectivity index (χ3v) is 2.03. The summed E-state index contributed by atoms with van der Waals surface area (Å²) in [5.41, 5.74) is -1.28. The van der Waals surface area contributed by atoms with Gasteiger partial charge in [0.2, 0.25) is 0 Å². The minimum absolute atomic E-state index is 0.201. The summed E-state index contributed by atoms with van der Waals surface area (Å²) in [5.74, 6) is 2.36. The molecule has 1 rings (SSSR count). The molecule has 1 aromatic rings. The zero-order valence-electron chi connectivity index (χ0n) is 8.42. The number of aromatic nitrogens is 1. The Balaban J connectivity index is 2.92. The van der Waals surface area contributed by atoms with E-state index in [9.17, 15) is 18.0 Å². The normalized spacial score (nSPS) is 11.1. The number of nitrogens with zero attached hydrogens (tertiary/aromatic N) is 1. The smallest absolute Gasteiger partial charge is 0.315 e. The number of alkyl halides is 3. The summed E-state index contributed by atoms with van der Waals surface area (Å²) < 4.78 is 38.0. The Hall–Kier alpha value is -1.70. The summed E-state index contributed by atoms with van der Waals surface area (Å²) in [6.07, 6.45) is 2.32. The number of hydrogen-bond donors (Lipinski definition) is 0. The highest BCUT2D eigenvalue weighted by Gasteiger charge is 2.30. The zero-order valence-corrected chi connectivity index (χ0v) is 8.42. The van der Waals surface area contributed by atoms with Crippen molar-refractivity contribution < 1.29 is 13.2 Å². The van der Waals surface area contributed by atoms with Crippen molar-refractivity contribution in [3.63, 3.8) is 0 Å². The molecule has 0 aliphatic rings. The molecule has 0 radical (unpaired) electrons. The van der Waals surface area contributed by atoms with E-state index < -0.39 is 17.3 Å². The molecular formula is C11H10F3NO. The Morgan fingerprint density at radius 1 is 1.38 bits per heavy atom. The van der Waals surface area contributed by atoms with E-state index in [1.165, 1.54) is 0 Å². The van der Waals surface area contributed by atoms with E-state index in [0.717, 1.165) is 22.9 Å². The molecule has 16 heavy (non-hydrogen) atoms. The number of rotatable bonds is 3. The summed E-state index contributed by atoms with van der Waals surface area (Å²) in [6, 6.07) is 1.69. The molecule has 0 spiro atoms. The number of aryl methyl sites for hydroxylation is 1. The lowest BCUT2D eigenvalue weighted by atomic mass is 10.2. The Morgan fingerprint density at radius 3 is 2.62 bits per heavy atom. The molecule has 86 valence electrons. The highest BCUT2D eigenvalue weighted by atomic mass is 19.4. The van der Waals surface area contributed by atoms with E-state index in [1.54, 1.807) is 0 Å². The summed E-state index contributed by atoms with van der Waals surface area (Å²) in [6.45, 7) is 0.201. The van der Waals surface area contributed by atoms with E-state index in [2.05, 4.69) is 5.92 Å². The second-order valence-corrected chi connectivity index (χ2v) is 3.25. The van der Waals surface area contributed by atoms with Gasteiger partial charge in [0.1, 0.15) is 0 Å². The molecular weight excluding hydrogens is 219 g/mol. The lowest BCUT2D eigenvalue weighted by Crippen LogP contribution is -2.21. The fraction of sp³-hybridized carbons (Fsp3) is 0.364. The van der Waals surface area contributed by atoms with Gasteiger partial charge in [-0.1, -0.05) is 0 Å². The average Bonchev–Trinajstić information content (AvgIpc) is 2.19. The van der Waals surface area contributed by atoms with Gasteiger partial charge in [-0.15, -0.1) is 12.3 Å². The summed E-state index contributed by atoms with van der Waals surface area (Å²) in [4.78, 5) is 11.2. The molecule has 0 aliphatic carbocycles. The maximum atomic E-state index is 12.3. The molecule has 5 heteroatoms. The van der Waals surface area contributed by atoms with Crippen molar-refractivity contribution in [3.8, 4) is 12.3 Å². The van der Waals surface area contributed by atoms with Gasteiger partial charge in [0.05, 0.1) is 5.56 Å². The molecule has 0 saturated carbocycles. The van der Waals surface area contributed by atoms with Crippen molar-refractivity contribution in [1.82, 2.24) is 4.57 Å². The minimum Gasteiger partial charge on any atom is -0.315 e. The molecule has 0 amide bonds. The second kappa shape index (κ2) is 4.88. The molecule has 0 saturated heterocycles. The van der Waals surface area contributed by atoms with Crippen molar-refractivity contribution in [1.29, 1.82) is 0 Å². The molecule has 1 heterocycles.